The Kier molecular flexibility index (Phi) is 10.2. The summed E-state index contributed by atoms with van der Waals surface area (Å²) in [7, 11) is 0. The molecule has 1 N–H and O–H groups in total. The Balaban J connectivity index is 3.12. The molecular formula is C14H28N2O. The average Bonchev–Trinajstić information content (AvgIpc) is 2.31. The van der Waals surface area contributed by atoms with E-state index in [1.54, 1.807) is 0 Å². The summed E-state index contributed by atoms with van der Waals surface area (Å²) >= 11 is 0. The highest BCUT2D eigenvalue weighted by atomic mass is 16.5. The molecule has 0 aliphatic heterocycles. The molecule has 0 saturated carbocycles. The minimum Gasteiger partial charge on any atom is -0.380 e. The van der Waals surface area contributed by atoms with Crippen LogP contribution in [0.3, 0.4) is 0 Å². The fraction of sp³-hybridized carbons (Fsp3) is 0.929. The van der Waals surface area contributed by atoms with Crippen molar-refractivity contribution in [2.24, 2.45) is 5.41 Å². The molecule has 0 rings (SSSR count). The van der Waals surface area contributed by atoms with Crippen molar-refractivity contribution < 1.29 is 4.74 Å². The average molecular weight is 240 g/mol. The van der Waals surface area contributed by atoms with E-state index in [9.17, 15) is 0 Å². The first kappa shape index (κ1) is 16.4. The molecule has 0 aromatic rings. The fourth-order valence-corrected chi connectivity index (χ4v) is 1.49. The number of nitrogens with zero attached hydrogens (tertiary/aromatic N) is 1. The number of unbranched alkanes of at least 4 members (excludes halogenated alkanes) is 2. The lowest BCUT2D eigenvalue weighted by Crippen LogP contribution is -2.21. The summed E-state index contributed by atoms with van der Waals surface area (Å²) in [4.78, 5) is 0. The van der Waals surface area contributed by atoms with Gasteiger partial charge in [0.05, 0.1) is 18.1 Å². The molecule has 0 amide bonds. The third-order valence-electron chi connectivity index (χ3n) is 2.77. The molecule has 0 aliphatic carbocycles. The molecule has 0 bridgehead atoms. The number of hydrogen-bond acceptors (Lipinski definition) is 3. The second-order valence-electron chi connectivity index (χ2n) is 5.17. The van der Waals surface area contributed by atoms with Gasteiger partial charge in [-0.05, 0) is 39.7 Å². The van der Waals surface area contributed by atoms with E-state index in [0.29, 0.717) is 0 Å². The monoisotopic (exact) mass is 240 g/mol. The van der Waals surface area contributed by atoms with Crippen LogP contribution in [-0.4, -0.2) is 26.3 Å². The van der Waals surface area contributed by atoms with E-state index in [2.05, 4.69) is 18.3 Å². The molecular weight excluding hydrogens is 212 g/mol. The van der Waals surface area contributed by atoms with Gasteiger partial charge in [-0.1, -0.05) is 19.8 Å². The molecule has 0 atom stereocenters. The minimum absolute atomic E-state index is 0.163. The van der Waals surface area contributed by atoms with Crippen LogP contribution < -0.4 is 5.32 Å². The number of nitriles is 1. The maximum atomic E-state index is 8.86. The summed E-state index contributed by atoms with van der Waals surface area (Å²) in [6, 6.07) is 2.33. The van der Waals surface area contributed by atoms with Gasteiger partial charge in [-0.2, -0.15) is 5.26 Å². The molecule has 0 unspecified atom stereocenters. The smallest absolute Gasteiger partial charge is 0.0683 e. The summed E-state index contributed by atoms with van der Waals surface area (Å²) in [5.41, 5.74) is -0.163. The third kappa shape index (κ3) is 11.7. The highest BCUT2D eigenvalue weighted by molar-refractivity contribution is 4.91. The lowest BCUT2D eigenvalue weighted by atomic mass is 9.89. The SMILES string of the molecule is CCCCOCCNCCCCC(C)(C)C#N. The second kappa shape index (κ2) is 10.6. The first-order valence-corrected chi connectivity index (χ1v) is 6.82. The molecule has 0 aromatic heterocycles. The molecule has 0 aromatic carbocycles. The maximum Gasteiger partial charge on any atom is 0.0683 e. The normalized spacial score (nSPS) is 11.4. The Morgan fingerprint density at radius 1 is 1.12 bits per heavy atom. The van der Waals surface area contributed by atoms with Crippen LogP contribution in [0.1, 0.15) is 52.9 Å². The van der Waals surface area contributed by atoms with Crippen molar-refractivity contribution in [3.8, 4) is 6.07 Å². The van der Waals surface area contributed by atoms with Crippen LogP contribution in [0, 0.1) is 16.7 Å². The lowest BCUT2D eigenvalue weighted by molar-refractivity contribution is 0.133. The Morgan fingerprint density at radius 2 is 1.88 bits per heavy atom. The van der Waals surface area contributed by atoms with Gasteiger partial charge in [-0.15, -0.1) is 0 Å². The summed E-state index contributed by atoms with van der Waals surface area (Å²) in [6.45, 7) is 9.83. The van der Waals surface area contributed by atoms with Gasteiger partial charge < -0.3 is 10.1 Å². The van der Waals surface area contributed by atoms with Crippen LogP contribution in [-0.2, 0) is 4.74 Å². The van der Waals surface area contributed by atoms with E-state index >= 15 is 0 Å². The highest BCUT2D eigenvalue weighted by Crippen LogP contribution is 2.21. The van der Waals surface area contributed by atoms with Gasteiger partial charge >= 0.3 is 0 Å². The first-order chi connectivity index (χ1) is 8.12. The van der Waals surface area contributed by atoms with E-state index in [0.717, 1.165) is 52.0 Å². The van der Waals surface area contributed by atoms with Crippen molar-refractivity contribution in [1.82, 2.24) is 5.32 Å². The molecule has 0 aliphatic rings. The van der Waals surface area contributed by atoms with Gasteiger partial charge in [0.1, 0.15) is 0 Å². The van der Waals surface area contributed by atoms with Crippen molar-refractivity contribution in [2.45, 2.75) is 52.9 Å². The standard InChI is InChI=1S/C14H28N2O/c1-4-5-11-17-12-10-16-9-7-6-8-14(2,3)13-15/h16H,4-12H2,1-3H3. The van der Waals surface area contributed by atoms with E-state index in [-0.39, 0.29) is 5.41 Å². The molecule has 0 heterocycles. The molecule has 3 heteroatoms. The highest BCUT2D eigenvalue weighted by Gasteiger charge is 2.14. The largest absolute Gasteiger partial charge is 0.380 e. The van der Waals surface area contributed by atoms with Crippen molar-refractivity contribution in [3.05, 3.63) is 0 Å². The zero-order valence-electron chi connectivity index (χ0n) is 11.7. The van der Waals surface area contributed by atoms with Crippen LogP contribution in [0.2, 0.25) is 0 Å². The summed E-state index contributed by atoms with van der Waals surface area (Å²) in [6.07, 6.45) is 5.59. The second-order valence-corrected chi connectivity index (χ2v) is 5.17. The number of ether oxygens (including phenoxy) is 1. The minimum atomic E-state index is -0.163. The van der Waals surface area contributed by atoms with Crippen molar-refractivity contribution >= 4 is 0 Å². The molecule has 17 heavy (non-hydrogen) atoms. The fourth-order valence-electron chi connectivity index (χ4n) is 1.49. The molecule has 3 nitrogen and oxygen atoms in total. The van der Waals surface area contributed by atoms with Gasteiger partial charge in [0, 0.05) is 13.2 Å². The van der Waals surface area contributed by atoms with E-state index in [1.165, 1.54) is 6.42 Å². The Hall–Kier alpha value is -0.590. The summed E-state index contributed by atoms with van der Waals surface area (Å²) in [5.74, 6) is 0. The number of rotatable bonds is 11. The van der Waals surface area contributed by atoms with Crippen LogP contribution in [0.15, 0.2) is 0 Å². The van der Waals surface area contributed by atoms with Crippen molar-refractivity contribution in [2.75, 3.05) is 26.3 Å². The van der Waals surface area contributed by atoms with Crippen LogP contribution in [0.25, 0.3) is 0 Å². The molecule has 0 fully saturated rings. The zero-order chi connectivity index (χ0) is 13.0. The number of nitrogens with one attached hydrogen (secondary N) is 1. The first-order valence-electron chi connectivity index (χ1n) is 6.82. The molecule has 100 valence electrons. The third-order valence-corrected chi connectivity index (χ3v) is 2.77. The molecule has 0 saturated heterocycles. The summed E-state index contributed by atoms with van der Waals surface area (Å²) in [5, 5.41) is 12.2. The van der Waals surface area contributed by atoms with Gasteiger partial charge in [0.2, 0.25) is 0 Å². The lowest BCUT2D eigenvalue weighted by Gasteiger charge is -2.14. The predicted octanol–water partition coefficient (Wildman–Crippen LogP) is 3.11. The Bertz CT molecular complexity index is 209. The molecule has 0 radical (unpaired) electrons. The number of hydrogen-bond donors (Lipinski definition) is 1. The predicted molar refractivity (Wildman–Crippen MR) is 71.8 cm³/mol. The quantitative estimate of drug-likeness (QED) is 0.564. The van der Waals surface area contributed by atoms with Crippen LogP contribution in [0.5, 0.6) is 0 Å². The topological polar surface area (TPSA) is 45.0 Å². The van der Waals surface area contributed by atoms with Crippen molar-refractivity contribution in [3.63, 3.8) is 0 Å². The Labute approximate surface area is 107 Å². The maximum absolute atomic E-state index is 8.86. The van der Waals surface area contributed by atoms with Crippen LogP contribution >= 0.6 is 0 Å². The van der Waals surface area contributed by atoms with E-state index < -0.39 is 0 Å². The van der Waals surface area contributed by atoms with E-state index in [4.69, 9.17) is 10.00 Å². The van der Waals surface area contributed by atoms with E-state index in [1.807, 2.05) is 13.8 Å². The van der Waals surface area contributed by atoms with Gasteiger partial charge in [0.25, 0.3) is 0 Å². The Morgan fingerprint density at radius 3 is 2.53 bits per heavy atom. The van der Waals surface area contributed by atoms with Crippen molar-refractivity contribution in [1.29, 1.82) is 5.26 Å². The van der Waals surface area contributed by atoms with Gasteiger partial charge in [-0.25, -0.2) is 0 Å². The summed E-state index contributed by atoms with van der Waals surface area (Å²) < 4.78 is 5.45. The van der Waals surface area contributed by atoms with Crippen LogP contribution in [0.4, 0.5) is 0 Å². The van der Waals surface area contributed by atoms with Gasteiger partial charge in [-0.3, -0.25) is 0 Å². The van der Waals surface area contributed by atoms with Gasteiger partial charge in [0.15, 0.2) is 0 Å². The zero-order valence-corrected chi connectivity index (χ0v) is 11.7. The molecule has 0 spiro atoms.